The van der Waals surface area contributed by atoms with Crippen LogP contribution in [0.15, 0.2) is 60.7 Å². The molecule has 3 rings (SSSR count). The highest BCUT2D eigenvalue weighted by atomic mass is 16.5. The van der Waals surface area contributed by atoms with E-state index in [4.69, 9.17) is 4.74 Å². The van der Waals surface area contributed by atoms with Gasteiger partial charge in [0, 0.05) is 45.4 Å². The zero-order valence-electron chi connectivity index (χ0n) is 15.3. The predicted molar refractivity (Wildman–Crippen MR) is 105 cm³/mol. The van der Waals surface area contributed by atoms with Crippen LogP contribution in [0.4, 0.5) is 0 Å². The Bertz CT molecular complexity index is 718. The molecule has 4 heteroatoms. The lowest BCUT2D eigenvalue weighted by molar-refractivity contribution is 0.0650. The highest BCUT2D eigenvalue weighted by Crippen LogP contribution is 2.11. The maximum Gasteiger partial charge on any atom is 0.253 e. The molecule has 0 bridgehead atoms. The molecule has 0 saturated carbocycles. The summed E-state index contributed by atoms with van der Waals surface area (Å²) in [5.74, 6) is 0.119. The number of carbonyl (C=O) groups excluding carboxylic acids is 1. The molecule has 2 aromatic carbocycles. The van der Waals surface area contributed by atoms with Gasteiger partial charge in [-0.3, -0.25) is 9.69 Å². The number of carbonyl (C=O) groups is 1. The molecule has 26 heavy (non-hydrogen) atoms. The SMILES string of the molecule is COCc1ccc(C(=O)N2CCN(C/C=C/c3ccccc3)CC2)cc1. The summed E-state index contributed by atoms with van der Waals surface area (Å²) in [7, 11) is 1.67. The van der Waals surface area contributed by atoms with Gasteiger partial charge in [-0.05, 0) is 23.3 Å². The van der Waals surface area contributed by atoms with Crippen LogP contribution >= 0.6 is 0 Å². The topological polar surface area (TPSA) is 32.8 Å². The van der Waals surface area contributed by atoms with Crippen molar-refractivity contribution in [3.05, 3.63) is 77.4 Å². The lowest BCUT2D eigenvalue weighted by Crippen LogP contribution is -2.48. The molecule has 1 fully saturated rings. The van der Waals surface area contributed by atoms with Crippen molar-refractivity contribution in [2.75, 3.05) is 39.8 Å². The van der Waals surface area contributed by atoms with Gasteiger partial charge >= 0.3 is 0 Å². The maximum atomic E-state index is 12.6. The van der Waals surface area contributed by atoms with E-state index >= 15 is 0 Å². The Morgan fingerprint density at radius 2 is 1.69 bits per heavy atom. The Hall–Kier alpha value is -2.43. The Labute approximate surface area is 155 Å². The molecule has 0 unspecified atom stereocenters. The van der Waals surface area contributed by atoms with Crippen LogP contribution in [0.1, 0.15) is 21.5 Å². The second kappa shape index (κ2) is 9.32. The van der Waals surface area contributed by atoms with Gasteiger partial charge in [0.2, 0.25) is 0 Å². The number of ether oxygens (including phenoxy) is 1. The van der Waals surface area contributed by atoms with Crippen LogP contribution in [0.25, 0.3) is 6.08 Å². The highest BCUT2D eigenvalue weighted by Gasteiger charge is 2.21. The Kier molecular flexibility index (Phi) is 6.58. The molecule has 1 saturated heterocycles. The third-order valence-corrected chi connectivity index (χ3v) is 4.64. The average Bonchev–Trinajstić information content (AvgIpc) is 2.70. The standard InChI is InChI=1S/C22H26N2O2/c1-26-18-20-9-11-21(12-10-20)22(25)24-16-14-23(15-17-24)13-5-8-19-6-3-2-4-7-19/h2-12H,13-18H2,1H3/b8-5+. The van der Waals surface area contributed by atoms with E-state index in [1.54, 1.807) is 7.11 Å². The first-order valence-corrected chi connectivity index (χ1v) is 9.07. The van der Waals surface area contributed by atoms with Crippen molar-refractivity contribution in [3.63, 3.8) is 0 Å². The molecule has 1 aliphatic rings. The van der Waals surface area contributed by atoms with Crippen molar-refractivity contribution in [1.82, 2.24) is 9.80 Å². The van der Waals surface area contributed by atoms with E-state index in [1.165, 1.54) is 5.56 Å². The third kappa shape index (κ3) is 5.04. The first-order valence-electron chi connectivity index (χ1n) is 9.07. The van der Waals surface area contributed by atoms with Crippen LogP contribution < -0.4 is 0 Å². The van der Waals surface area contributed by atoms with Gasteiger partial charge in [-0.15, -0.1) is 0 Å². The van der Waals surface area contributed by atoms with Crippen LogP contribution in [0.5, 0.6) is 0 Å². The average molecular weight is 350 g/mol. The molecule has 0 aromatic heterocycles. The van der Waals surface area contributed by atoms with E-state index in [2.05, 4.69) is 29.2 Å². The normalized spacial score (nSPS) is 15.5. The fourth-order valence-corrected chi connectivity index (χ4v) is 3.13. The van der Waals surface area contributed by atoms with Gasteiger partial charge in [-0.25, -0.2) is 0 Å². The number of amides is 1. The summed E-state index contributed by atoms with van der Waals surface area (Å²) in [6.45, 7) is 4.86. The van der Waals surface area contributed by atoms with Gasteiger partial charge in [0.05, 0.1) is 6.61 Å². The fourth-order valence-electron chi connectivity index (χ4n) is 3.13. The van der Waals surface area contributed by atoms with Crippen molar-refractivity contribution < 1.29 is 9.53 Å². The van der Waals surface area contributed by atoms with Crippen LogP contribution in [-0.2, 0) is 11.3 Å². The molecule has 0 spiro atoms. The van der Waals surface area contributed by atoms with Crippen LogP contribution in [0.2, 0.25) is 0 Å². The van der Waals surface area contributed by atoms with E-state index in [-0.39, 0.29) is 5.91 Å². The van der Waals surface area contributed by atoms with E-state index in [0.717, 1.165) is 43.9 Å². The Morgan fingerprint density at radius 1 is 1.00 bits per heavy atom. The third-order valence-electron chi connectivity index (χ3n) is 4.64. The largest absolute Gasteiger partial charge is 0.380 e. The molecule has 136 valence electrons. The predicted octanol–water partition coefficient (Wildman–Crippen LogP) is 3.30. The van der Waals surface area contributed by atoms with Gasteiger partial charge in [0.15, 0.2) is 0 Å². The summed E-state index contributed by atoms with van der Waals surface area (Å²) in [4.78, 5) is 17.0. The van der Waals surface area contributed by atoms with E-state index in [9.17, 15) is 4.79 Å². The second-order valence-corrected chi connectivity index (χ2v) is 6.54. The lowest BCUT2D eigenvalue weighted by atomic mass is 10.1. The molecule has 1 aliphatic heterocycles. The molecule has 1 amide bonds. The van der Waals surface area contributed by atoms with Gasteiger partial charge in [-0.2, -0.15) is 0 Å². The number of hydrogen-bond donors (Lipinski definition) is 0. The summed E-state index contributed by atoms with van der Waals surface area (Å²) < 4.78 is 5.11. The van der Waals surface area contributed by atoms with E-state index < -0.39 is 0 Å². The minimum absolute atomic E-state index is 0.119. The van der Waals surface area contributed by atoms with E-state index in [0.29, 0.717) is 6.61 Å². The second-order valence-electron chi connectivity index (χ2n) is 6.54. The minimum Gasteiger partial charge on any atom is -0.380 e. The number of hydrogen-bond acceptors (Lipinski definition) is 3. The molecule has 0 aliphatic carbocycles. The summed E-state index contributed by atoms with van der Waals surface area (Å²) in [6, 6.07) is 18.0. The number of nitrogens with zero attached hydrogens (tertiary/aromatic N) is 2. The smallest absolute Gasteiger partial charge is 0.253 e. The number of benzene rings is 2. The molecule has 0 N–H and O–H groups in total. The fraction of sp³-hybridized carbons (Fsp3) is 0.318. The van der Waals surface area contributed by atoms with Crippen molar-refractivity contribution in [3.8, 4) is 0 Å². The van der Waals surface area contributed by atoms with Crippen LogP contribution in [0.3, 0.4) is 0 Å². The van der Waals surface area contributed by atoms with Crippen molar-refractivity contribution in [1.29, 1.82) is 0 Å². The summed E-state index contributed by atoms with van der Waals surface area (Å²) in [6.07, 6.45) is 4.35. The molecular weight excluding hydrogens is 324 g/mol. The van der Waals surface area contributed by atoms with Crippen molar-refractivity contribution >= 4 is 12.0 Å². The minimum atomic E-state index is 0.119. The monoisotopic (exact) mass is 350 g/mol. The summed E-state index contributed by atoms with van der Waals surface area (Å²) in [5, 5.41) is 0. The van der Waals surface area contributed by atoms with Crippen LogP contribution in [0, 0.1) is 0 Å². The van der Waals surface area contributed by atoms with Gasteiger partial charge < -0.3 is 9.64 Å². The number of piperazine rings is 1. The number of rotatable bonds is 6. The lowest BCUT2D eigenvalue weighted by Gasteiger charge is -2.34. The van der Waals surface area contributed by atoms with Gasteiger partial charge in [0.1, 0.15) is 0 Å². The zero-order chi connectivity index (χ0) is 18.2. The summed E-state index contributed by atoms with van der Waals surface area (Å²) in [5.41, 5.74) is 3.06. The molecule has 4 nitrogen and oxygen atoms in total. The number of methoxy groups -OCH3 is 1. The molecule has 0 radical (unpaired) electrons. The zero-order valence-corrected chi connectivity index (χ0v) is 15.3. The quantitative estimate of drug-likeness (QED) is 0.801. The van der Waals surface area contributed by atoms with Gasteiger partial charge in [-0.1, -0.05) is 54.6 Å². The first-order chi connectivity index (χ1) is 12.8. The van der Waals surface area contributed by atoms with E-state index in [1.807, 2.05) is 47.4 Å². The first kappa shape index (κ1) is 18.4. The van der Waals surface area contributed by atoms with Crippen LogP contribution in [-0.4, -0.2) is 55.5 Å². The molecule has 1 heterocycles. The summed E-state index contributed by atoms with van der Waals surface area (Å²) >= 11 is 0. The Balaban J connectivity index is 1.47. The molecule has 2 aromatic rings. The highest BCUT2D eigenvalue weighted by molar-refractivity contribution is 5.94. The molecule has 0 atom stereocenters. The molecular formula is C22H26N2O2. The maximum absolute atomic E-state index is 12.6. The van der Waals surface area contributed by atoms with Gasteiger partial charge in [0.25, 0.3) is 5.91 Å². The van der Waals surface area contributed by atoms with Crippen molar-refractivity contribution in [2.24, 2.45) is 0 Å². The van der Waals surface area contributed by atoms with Crippen molar-refractivity contribution in [2.45, 2.75) is 6.61 Å². The Morgan fingerprint density at radius 3 is 2.35 bits per heavy atom.